The molecule has 0 fully saturated rings. The van der Waals surface area contributed by atoms with Gasteiger partial charge in [-0.05, 0) is 84.3 Å². The molecule has 0 aromatic heterocycles. The van der Waals surface area contributed by atoms with Gasteiger partial charge in [0.15, 0.2) is 11.5 Å². The summed E-state index contributed by atoms with van der Waals surface area (Å²) in [5.41, 5.74) is 0. The fraction of sp³-hybridized carbons (Fsp3) is 0.417. The average molecular weight is 886 g/mol. The van der Waals surface area contributed by atoms with E-state index in [0.717, 1.165) is 8.61 Å². The van der Waals surface area contributed by atoms with Crippen LogP contribution in [0.2, 0.25) is 0 Å². The first-order valence-electron chi connectivity index (χ1n) is 11.9. The summed E-state index contributed by atoms with van der Waals surface area (Å²) in [7, 11) is 1.53. The van der Waals surface area contributed by atoms with Crippen LogP contribution in [0, 0.1) is 0 Å². The van der Waals surface area contributed by atoms with Crippen LogP contribution in [-0.4, -0.2) is 116 Å². The summed E-state index contributed by atoms with van der Waals surface area (Å²) in [5.74, 6) is -4.04. The maximum atomic E-state index is 13.4. The molecule has 18 heteroatoms. The number of rotatable bonds is 12. The molecule has 0 saturated carbocycles. The van der Waals surface area contributed by atoms with Gasteiger partial charge in [-0.15, -0.1) is 0 Å². The molecule has 2 aromatic carbocycles. The van der Waals surface area contributed by atoms with Gasteiger partial charge < -0.3 is 19.3 Å². The lowest BCUT2D eigenvalue weighted by atomic mass is 10.3. The summed E-state index contributed by atoms with van der Waals surface area (Å²) < 4.78 is 67.0. The number of carbonyl (C=O) groups excluding carboxylic acids is 2. The maximum absolute atomic E-state index is 13.4. The molecule has 0 aliphatic carbocycles. The molecular formula is C24H30Br4N4O8S2. The van der Waals surface area contributed by atoms with Gasteiger partial charge in [0, 0.05) is 49.2 Å². The molecule has 0 bridgehead atoms. The standard InChI is InChI=1S/C24H30Br4N4O8S2/c1-29(2)7-9-31(5)41(35,36)19-13-15(25)11-17(27)21(19)39-23(33)24(34)40-22-18(28)12-16(26)14-20(22)42(37,38)32(6)10-8-30(3)4/h11-14H,7-10H2,1-6H3. The van der Waals surface area contributed by atoms with E-state index < -0.39 is 43.5 Å². The van der Waals surface area contributed by atoms with Crippen LogP contribution >= 0.6 is 63.7 Å². The Morgan fingerprint density at radius 2 is 0.905 bits per heavy atom. The number of nitrogens with zero attached hydrogens (tertiary/aromatic N) is 4. The Labute approximate surface area is 279 Å². The fourth-order valence-corrected chi connectivity index (χ4v) is 9.00. The molecule has 2 aromatic rings. The minimum absolute atomic E-state index is 0.0632. The van der Waals surface area contributed by atoms with Gasteiger partial charge in [0.2, 0.25) is 20.0 Å². The highest BCUT2D eigenvalue weighted by atomic mass is 79.9. The van der Waals surface area contributed by atoms with E-state index in [1.54, 1.807) is 38.0 Å². The summed E-state index contributed by atoms with van der Waals surface area (Å²) in [6, 6.07) is 5.35. The first-order valence-corrected chi connectivity index (χ1v) is 18.0. The molecule has 0 atom stereocenters. The minimum Gasteiger partial charge on any atom is -0.415 e. The second-order valence-corrected chi connectivity index (χ2v) is 17.0. The summed E-state index contributed by atoms with van der Waals surface area (Å²) in [4.78, 5) is 28.7. The van der Waals surface area contributed by atoms with E-state index in [0.29, 0.717) is 22.0 Å². The van der Waals surface area contributed by atoms with Gasteiger partial charge in [0.1, 0.15) is 9.79 Å². The highest BCUT2D eigenvalue weighted by molar-refractivity contribution is 9.11. The lowest BCUT2D eigenvalue weighted by Crippen LogP contribution is -2.34. The average Bonchev–Trinajstić information content (AvgIpc) is 2.87. The van der Waals surface area contributed by atoms with Crippen molar-refractivity contribution in [3.8, 4) is 11.5 Å². The summed E-state index contributed by atoms with van der Waals surface area (Å²) in [6.45, 7) is 1.10. The quantitative estimate of drug-likeness (QED) is 0.177. The molecule has 0 amide bonds. The second-order valence-electron chi connectivity index (χ2n) is 9.47. The van der Waals surface area contributed by atoms with E-state index in [4.69, 9.17) is 9.47 Å². The Hall–Kier alpha value is -0.960. The Kier molecular flexibility index (Phi) is 13.6. The predicted molar refractivity (Wildman–Crippen MR) is 172 cm³/mol. The lowest BCUT2D eigenvalue weighted by molar-refractivity contribution is -0.156. The van der Waals surface area contributed by atoms with Crippen molar-refractivity contribution in [2.24, 2.45) is 0 Å². The first kappa shape index (κ1) is 37.2. The van der Waals surface area contributed by atoms with E-state index >= 15 is 0 Å². The summed E-state index contributed by atoms with van der Waals surface area (Å²) >= 11 is 12.9. The van der Waals surface area contributed by atoms with Crippen molar-refractivity contribution in [2.45, 2.75) is 9.79 Å². The fourth-order valence-electron chi connectivity index (χ4n) is 3.18. The molecule has 0 heterocycles. The number of hydrogen-bond donors (Lipinski definition) is 0. The third-order valence-corrected chi connectivity index (χ3v) is 11.4. The molecule has 2 rings (SSSR count). The number of ether oxygens (including phenoxy) is 2. The van der Waals surface area contributed by atoms with E-state index in [-0.39, 0.29) is 31.8 Å². The Morgan fingerprint density at radius 3 is 1.19 bits per heavy atom. The molecule has 0 radical (unpaired) electrons. The molecule has 12 nitrogen and oxygen atoms in total. The zero-order valence-corrected chi connectivity index (χ0v) is 31.5. The zero-order chi connectivity index (χ0) is 32.2. The highest BCUT2D eigenvalue weighted by Gasteiger charge is 2.33. The van der Waals surface area contributed by atoms with Gasteiger partial charge in [-0.25, -0.2) is 26.4 Å². The largest absolute Gasteiger partial charge is 0.423 e. The molecule has 0 N–H and O–H groups in total. The topological polar surface area (TPSA) is 134 Å². The van der Waals surface area contributed by atoms with Crippen LogP contribution < -0.4 is 9.47 Å². The molecule has 0 saturated heterocycles. The van der Waals surface area contributed by atoms with Crippen molar-refractivity contribution in [3.05, 3.63) is 42.2 Å². The zero-order valence-electron chi connectivity index (χ0n) is 23.5. The minimum atomic E-state index is -4.18. The van der Waals surface area contributed by atoms with Crippen molar-refractivity contribution in [3.63, 3.8) is 0 Å². The molecular weight excluding hydrogens is 856 g/mol. The van der Waals surface area contributed by atoms with Gasteiger partial charge in [-0.1, -0.05) is 31.9 Å². The number of esters is 2. The van der Waals surface area contributed by atoms with E-state index in [2.05, 4.69) is 63.7 Å². The molecule has 0 unspecified atom stereocenters. The van der Waals surface area contributed by atoms with Crippen LogP contribution in [0.3, 0.4) is 0 Å². The molecule has 42 heavy (non-hydrogen) atoms. The van der Waals surface area contributed by atoms with Crippen molar-refractivity contribution in [1.29, 1.82) is 0 Å². The number of halogens is 4. The van der Waals surface area contributed by atoms with Crippen molar-refractivity contribution < 1.29 is 35.9 Å². The number of sulfonamides is 2. The molecule has 0 aliphatic rings. The molecule has 234 valence electrons. The first-order chi connectivity index (χ1) is 19.3. The van der Waals surface area contributed by atoms with Crippen LogP contribution in [0.1, 0.15) is 0 Å². The maximum Gasteiger partial charge on any atom is 0.423 e. The normalized spacial score (nSPS) is 12.4. The van der Waals surface area contributed by atoms with Gasteiger partial charge in [0.05, 0.1) is 8.95 Å². The van der Waals surface area contributed by atoms with E-state index in [9.17, 15) is 26.4 Å². The van der Waals surface area contributed by atoms with Crippen molar-refractivity contribution >= 4 is 95.7 Å². The number of hydrogen-bond acceptors (Lipinski definition) is 10. The van der Waals surface area contributed by atoms with Gasteiger partial charge in [0.25, 0.3) is 0 Å². The van der Waals surface area contributed by atoms with Crippen molar-refractivity contribution in [2.75, 3.05) is 68.5 Å². The summed E-state index contributed by atoms with van der Waals surface area (Å²) in [6.07, 6.45) is 0. The monoisotopic (exact) mass is 882 g/mol. The van der Waals surface area contributed by atoms with Gasteiger partial charge in [-0.3, -0.25) is 0 Å². The number of carbonyl (C=O) groups is 2. The Morgan fingerprint density at radius 1 is 0.595 bits per heavy atom. The Balaban J connectivity index is 2.45. The second kappa shape index (κ2) is 15.4. The highest BCUT2D eigenvalue weighted by Crippen LogP contribution is 2.39. The van der Waals surface area contributed by atoms with Crippen molar-refractivity contribution in [1.82, 2.24) is 18.4 Å². The third kappa shape index (κ3) is 9.52. The van der Waals surface area contributed by atoms with Crippen LogP contribution in [-0.2, 0) is 29.6 Å². The smallest absolute Gasteiger partial charge is 0.415 e. The van der Waals surface area contributed by atoms with Crippen LogP contribution in [0.5, 0.6) is 11.5 Å². The third-order valence-electron chi connectivity index (χ3n) is 5.61. The Bertz CT molecular complexity index is 1440. The molecule has 0 spiro atoms. The summed E-state index contributed by atoms with van der Waals surface area (Å²) in [5, 5.41) is 0. The van der Waals surface area contributed by atoms with Crippen LogP contribution in [0.15, 0.2) is 51.9 Å². The SMILES string of the molecule is CN(C)CCN(C)S(=O)(=O)c1cc(Br)cc(Br)c1OC(=O)C(=O)Oc1c(Br)cc(Br)cc1S(=O)(=O)N(C)CCN(C)C. The molecule has 0 aliphatic heterocycles. The van der Waals surface area contributed by atoms with Gasteiger partial charge in [-0.2, -0.15) is 8.61 Å². The van der Waals surface area contributed by atoms with Gasteiger partial charge >= 0.3 is 11.9 Å². The van der Waals surface area contributed by atoms with Crippen LogP contribution in [0.25, 0.3) is 0 Å². The number of benzene rings is 2. The lowest BCUT2D eigenvalue weighted by Gasteiger charge is -2.22. The number of likely N-dealkylation sites (N-methyl/N-ethyl adjacent to an activating group) is 4. The van der Waals surface area contributed by atoms with Crippen LogP contribution in [0.4, 0.5) is 0 Å². The van der Waals surface area contributed by atoms with E-state index in [1.165, 1.54) is 38.4 Å². The predicted octanol–water partition coefficient (Wildman–Crippen LogP) is 3.61. The van der Waals surface area contributed by atoms with E-state index in [1.807, 2.05) is 0 Å².